The molecule has 2 rings (SSSR count). The van der Waals surface area contributed by atoms with Crippen LogP contribution in [0.25, 0.3) is 0 Å². The van der Waals surface area contributed by atoms with E-state index in [0.29, 0.717) is 11.7 Å². The zero-order valence-corrected chi connectivity index (χ0v) is 16.5. The molecule has 0 aliphatic carbocycles. The van der Waals surface area contributed by atoms with Gasteiger partial charge in [0.1, 0.15) is 5.75 Å². The van der Waals surface area contributed by atoms with Gasteiger partial charge in [0, 0.05) is 5.69 Å². The summed E-state index contributed by atoms with van der Waals surface area (Å²) in [5.74, 6) is 0.419. The number of hydrogen-bond donors (Lipinski definition) is 2. The molecule has 0 saturated carbocycles. The lowest BCUT2D eigenvalue weighted by Crippen LogP contribution is -2.36. The minimum Gasteiger partial charge on any atom is -0.483 e. The molecular weight excluding hydrogens is 340 g/mol. The van der Waals surface area contributed by atoms with Gasteiger partial charge in [-0.3, -0.25) is 9.59 Å². The SMILES string of the molecule is CCc1ccccc1NC(=O)CNC(=O)COc1cc(C)ccc1C(C)C. The van der Waals surface area contributed by atoms with Crippen LogP contribution in [0.2, 0.25) is 0 Å². The Kier molecular flexibility index (Phi) is 7.41. The first kappa shape index (κ1) is 20.5. The molecule has 0 unspecified atom stereocenters. The number of carbonyl (C=O) groups is 2. The van der Waals surface area contributed by atoms with Crippen molar-refractivity contribution < 1.29 is 14.3 Å². The molecule has 0 aromatic heterocycles. The molecule has 2 aromatic carbocycles. The number of aryl methyl sites for hydroxylation is 2. The lowest BCUT2D eigenvalue weighted by atomic mass is 10.0. The van der Waals surface area contributed by atoms with Crippen LogP contribution in [-0.2, 0) is 16.0 Å². The fourth-order valence-corrected chi connectivity index (χ4v) is 2.76. The van der Waals surface area contributed by atoms with Gasteiger partial charge in [-0.25, -0.2) is 0 Å². The third kappa shape index (κ3) is 6.13. The molecule has 144 valence electrons. The Morgan fingerprint density at radius 2 is 1.81 bits per heavy atom. The highest BCUT2D eigenvalue weighted by Gasteiger charge is 2.12. The van der Waals surface area contributed by atoms with E-state index < -0.39 is 0 Å². The summed E-state index contributed by atoms with van der Waals surface area (Å²) >= 11 is 0. The van der Waals surface area contributed by atoms with Gasteiger partial charge in [-0.15, -0.1) is 0 Å². The minimum atomic E-state index is -0.329. The fourth-order valence-electron chi connectivity index (χ4n) is 2.76. The Morgan fingerprint density at radius 1 is 1.07 bits per heavy atom. The molecule has 0 spiro atoms. The number of hydrogen-bond acceptors (Lipinski definition) is 3. The summed E-state index contributed by atoms with van der Waals surface area (Å²) in [5, 5.41) is 5.43. The Labute approximate surface area is 161 Å². The molecule has 0 heterocycles. The smallest absolute Gasteiger partial charge is 0.258 e. The average molecular weight is 368 g/mol. The number of nitrogens with one attached hydrogen (secondary N) is 2. The monoisotopic (exact) mass is 368 g/mol. The molecule has 5 nitrogen and oxygen atoms in total. The predicted octanol–water partition coefficient (Wildman–Crippen LogP) is 3.81. The second kappa shape index (κ2) is 9.76. The Morgan fingerprint density at radius 3 is 2.52 bits per heavy atom. The van der Waals surface area contributed by atoms with Crippen molar-refractivity contribution in [1.82, 2.24) is 5.32 Å². The molecule has 5 heteroatoms. The van der Waals surface area contributed by atoms with Gasteiger partial charge in [0.15, 0.2) is 6.61 Å². The van der Waals surface area contributed by atoms with Crippen molar-refractivity contribution in [1.29, 1.82) is 0 Å². The van der Waals surface area contributed by atoms with Crippen molar-refractivity contribution in [2.75, 3.05) is 18.5 Å². The van der Waals surface area contributed by atoms with Gasteiger partial charge in [-0.05, 0) is 48.1 Å². The Hall–Kier alpha value is -2.82. The lowest BCUT2D eigenvalue weighted by molar-refractivity contribution is -0.125. The standard InChI is InChI=1S/C22H28N2O3/c1-5-17-8-6-7-9-19(17)24-21(25)13-23-22(26)14-27-20-12-16(4)10-11-18(20)15(2)3/h6-12,15H,5,13-14H2,1-4H3,(H,23,26)(H,24,25). The van der Waals surface area contributed by atoms with E-state index in [4.69, 9.17) is 4.74 Å². The average Bonchev–Trinajstić information content (AvgIpc) is 2.65. The maximum Gasteiger partial charge on any atom is 0.258 e. The number of para-hydroxylation sites is 1. The van der Waals surface area contributed by atoms with E-state index in [9.17, 15) is 9.59 Å². The summed E-state index contributed by atoms with van der Waals surface area (Å²) in [6.45, 7) is 7.95. The number of benzene rings is 2. The number of ether oxygens (including phenoxy) is 1. The number of carbonyl (C=O) groups excluding carboxylic acids is 2. The topological polar surface area (TPSA) is 67.4 Å². The third-order valence-electron chi connectivity index (χ3n) is 4.27. The molecule has 0 bridgehead atoms. The molecule has 27 heavy (non-hydrogen) atoms. The van der Waals surface area contributed by atoms with Crippen LogP contribution in [0.1, 0.15) is 43.4 Å². The van der Waals surface area contributed by atoms with Crippen LogP contribution in [0, 0.1) is 6.92 Å². The van der Waals surface area contributed by atoms with E-state index in [1.807, 2.05) is 56.3 Å². The second-order valence-corrected chi connectivity index (χ2v) is 6.82. The van der Waals surface area contributed by atoms with Crippen LogP contribution >= 0.6 is 0 Å². The van der Waals surface area contributed by atoms with Crippen LogP contribution in [0.15, 0.2) is 42.5 Å². The van der Waals surface area contributed by atoms with E-state index >= 15 is 0 Å². The van der Waals surface area contributed by atoms with Crippen molar-refractivity contribution in [3.63, 3.8) is 0 Å². The van der Waals surface area contributed by atoms with E-state index in [2.05, 4.69) is 24.5 Å². The number of rotatable bonds is 8. The van der Waals surface area contributed by atoms with Crippen molar-refractivity contribution in [3.05, 3.63) is 59.2 Å². The first-order valence-corrected chi connectivity index (χ1v) is 9.28. The second-order valence-electron chi connectivity index (χ2n) is 6.82. The first-order chi connectivity index (χ1) is 12.9. The summed E-state index contributed by atoms with van der Waals surface area (Å²) in [7, 11) is 0. The quantitative estimate of drug-likeness (QED) is 0.744. The Balaban J connectivity index is 1.84. The summed E-state index contributed by atoms with van der Waals surface area (Å²) in [4.78, 5) is 24.1. The zero-order valence-electron chi connectivity index (χ0n) is 16.5. The van der Waals surface area contributed by atoms with Crippen LogP contribution in [0.5, 0.6) is 5.75 Å². The first-order valence-electron chi connectivity index (χ1n) is 9.28. The van der Waals surface area contributed by atoms with E-state index in [1.165, 1.54) is 0 Å². The van der Waals surface area contributed by atoms with E-state index in [1.54, 1.807) is 0 Å². The molecule has 2 amide bonds. The molecule has 0 saturated heterocycles. The normalized spacial score (nSPS) is 10.6. The maximum atomic E-state index is 12.1. The summed E-state index contributed by atoms with van der Waals surface area (Å²) < 4.78 is 5.68. The molecule has 0 aliphatic rings. The highest BCUT2D eigenvalue weighted by molar-refractivity contribution is 5.95. The minimum absolute atomic E-state index is 0.0922. The van der Waals surface area contributed by atoms with Crippen molar-refractivity contribution in [2.24, 2.45) is 0 Å². The van der Waals surface area contributed by atoms with Gasteiger partial charge in [-0.2, -0.15) is 0 Å². The van der Waals surface area contributed by atoms with Gasteiger partial charge >= 0.3 is 0 Å². The van der Waals surface area contributed by atoms with Crippen molar-refractivity contribution >= 4 is 17.5 Å². The Bertz CT molecular complexity index is 800. The van der Waals surface area contributed by atoms with Crippen LogP contribution in [0.4, 0.5) is 5.69 Å². The number of anilines is 1. The molecule has 0 radical (unpaired) electrons. The van der Waals surface area contributed by atoms with Crippen molar-refractivity contribution in [3.8, 4) is 5.75 Å². The maximum absolute atomic E-state index is 12.1. The van der Waals surface area contributed by atoms with Gasteiger partial charge < -0.3 is 15.4 Å². The van der Waals surface area contributed by atoms with Crippen LogP contribution < -0.4 is 15.4 Å². The summed E-state index contributed by atoms with van der Waals surface area (Å²) in [6.07, 6.45) is 0.825. The largest absolute Gasteiger partial charge is 0.483 e. The highest BCUT2D eigenvalue weighted by Crippen LogP contribution is 2.27. The molecule has 0 fully saturated rings. The third-order valence-corrected chi connectivity index (χ3v) is 4.27. The van der Waals surface area contributed by atoms with Gasteiger partial charge in [0.25, 0.3) is 5.91 Å². The zero-order chi connectivity index (χ0) is 19.8. The predicted molar refractivity (Wildman–Crippen MR) is 108 cm³/mol. The summed E-state index contributed by atoms with van der Waals surface area (Å²) in [5.41, 5.74) is 3.96. The van der Waals surface area contributed by atoms with Gasteiger partial charge in [0.05, 0.1) is 6.54 Å². The fraction of sp³-hybridized carbons (Fsp3) is 0.364. The molecule has 2 aromatic rings. The molecule has 2 N–H and O–H groups in total. The van der Waals surface area contributed by atoms with Crippen LogP contribution in [0.3, 0.4) is 0 Å². The lowest BCUT2D eigenvalue weighted by Gasteiger charge is -2.15. The van der Waals surface area contributed by atoms with Crippen LogP contribution in [-0.4, -0.2) is 25.0 Å². The van der Waals surface area contributed by atoms with Crippen molar-refractivity contribution in [2.45, 2.75) is 40.0 Å². The molecule has 0 aliphatic heterocycles. The molecular formula is C22H28N2O3. The van der Waals surface area contributed by atoms with E-state index in [-0.39, 0.29) is 25.0 Å². The van der Waals surface area contributed by atoms with Gasteiger partial charge in [0.2, 0.25) is 5.91 Å². The number of amides is 2. The highest BCUT2D eigenvalue weighted by atomic mass is 16.5. The van der Waals surface area contributed by atoms with Gasteiger partial charge in [-0.1, -0.05) is 51.1 Å². The molecule has 0 atom stereocenters. The summed E-state index contributed by atoms with van der Waals surface area (Å²) in [6, 6.07) is 13.6. The van der Waals surface area contributed by atoms with E-state index in [0.717, 1.165) is 28.8 Å².